The van der Waals surface area contributed by atoms with Gasteiger partial charge in [-0.05, 0) is 30.5 Å². The predicted molar refractivity (Wildman–Crippen MR) is 87.6 cm³/mol. The number of hydrogen-bond donors (Lipinski definition) is 2. The SMILES string of the molecule is CN1C(=O)COc2ccc(CNC(=O)NC3CCCCC3)cc21. The Balaban J connectivity index is 1.56. The van der Waals surface area contributed by atoms with Crippen molar-refractivity contribution in [1.82, 2.24) is 10.6 Å². The third-order valence-corrected chi connectivity index (χ3v) is 4.50. The van der Waals surface area contributed by atoms with Crippen molar-refractivity contribution in [3.63, 3.8) is 0 Å². The number of carbonyl (C=O) groups is 2. The molecule has 0 saturated heterocycles. The lowest BCUT2D eigenvalue weighted by atomic mass is 9.96. The van der Waals surface area contributed by atoms with E-state index in [0.29, 0.717) is 18.3 Å². The molecular weight excluding hydrogens is 294 g/mol. The van der Waals surface area contributed by atoms with Crippen LogP contribution in [0.25, 0.3) is 0 Å². The summed E-state index contributed by atoms with van der Waals surface area (Å²) in [5.41, 5.74) is 1.68. The first-order chi connectivity index (χ1) is 11.1. The Hall–Kier alpha value is -2.24. The van der Waals surface area contributed by atoms with Crippen molar-refractivity contribution in [2.24, 2.45) is 0 Å². The van der Waals surface area contributed by atoms with E-state index in [1.807, 2.05) is 18.2 Å². The number of carbonyl (C=O) groups excluding carboxylic acids is 2. The van der Waals surface area contributed by atoms with E-state index in [4.69, 9.17) is 4.74 Å². The molecule has 0 unspecified atom stereocenters. The highest BCUT2D eigenvalue weighted by Gasteiger charge is 2.22. The number of ether oxygens (including phenoxy) is 1. The van der Waals surface area contributed by atoms with E-state index >= 15 is 0 Å². The number of urea groups is 1. The van der Waals surface area contributed by atoms with Crippen molar-refractivity contribution in [1.29, 1.82) is 0 Å². The lowest BCUT2D eigenvalue weighted by Crippen LogP contribution is -2.42. The van der Waals surface area contributed by atoms with Crippen LogP contribution in [0.2, 0.25) is 0 Å². The second-order valence-corrected chi connectivity index (χ2v) is 6.21. The van der Waals surface area contributed by atoms with E-state index in [1.54, 1.807) is 11.9 Å². The number of benzene rings is 1. The normalized spacial score (nSPS) is 18.1. The van der Waals surface area contributed by atoms with Gasteiger partial charge >= 0.3 is 6.03 Å². The Bertz CT molecular complexity index is 597. The van der Waals surface area contributed by atoms with Gasteiger partial charge in [0.25, 0.3) is 5.91 Å². The molecule has 1 aromatic carbocycles. The molecule has 6 heteroatoms. The Morgan fingerprint density at radius 3 is 2.87 bits per heavy atom. The van der Waals surface area contributed by atoms with Crippen LogP contribution in [-0.4, -0.2) is 31.6 Å². The molecule has 23 heavy (non-hydrogen) atoms. The molecule has 124 valence electrons. The molecule has 2 aliphatic rings. The van der Waals surface area contributed by atoms with Crippen LogP contribution in [0.5, 0.6) is 5.75 Å². The molecule has 3 amide bonds. The lowest BCUT2D eigenvalue weighted by molar-refractivity contribution is -0.120. The maximum absolute atomic E-state index is 12.0. The van der Waals surface area contributed by atoms with Gasteiger partial charge in [-0.2, -0.15) is 0 Å². The average Bonchev–Trinajstić information content (AvgIpc) is 2.57. The molecule has 6 nitrogen and oxygen atoms in total. The molecule has 1 aliphatic heterocycles. The largest absolute Gasteiger partial charge is 0.482 e. The van der Waals surface area contributed by atoms with Gasteiger partial charge in [0.1, 0.15) is 5.75 Å². The maximum atomic E-state index is 12.0. The minimum absolute atomic E-state index is 0.0716. The first kappa shape index (κ1) is 15.6. The Morgan fingerprint density at radius 2 is 2.09 bits per heavy atom. The van der Waals surface area contributed by atoms with Crippen molar-refractivity contribution in [3.8, 4) is 5.75 Å². The van der Waals surface area contributed by atoms with E-state index < -0.39 is 0 Å². The minimum Gasteiger partial charge on any atom is -0.482 e. The van der Waals surface area contributed by atoms with E-state index in [0.717, 1.165) is 24.1 Å². The standard InChI is InChI=1S/C17H23N3O3/c1-20-14-9-12(7-8-15(14)23-11-16(20)21)10-18-17(22)19-13-5-3-2-4-6-13/h7-9,13H,2-6,10-11H2,1H3,(H2,18,19,22). The van der Waals surface area contributed by atoms with Gasteiger partial charge in [-0.25, -0.2) is 4.79 Å². The Morgan fingerprint density at radius 1 is 1.30 bits per heavy atom. The molecule has 0 bridgehead atoms. The van der Waals surface area contributed by atoms with E-state index in [2.05, 4.69) is 10.6 Å². The van der Waals surface area contributed by atoms with Crippen molar-refractivity contribution in [2.75, 3.05) is 18.6 Å². The van der Waals surface area contributed by atoms with Crippen LogP contribution in [-0.2, 0) is 11.3 Å². The number of hydrogen-bond acceptors (Lipinski definition) is 3. The summed E-state index contributed by atoms with van der Waals surface area (Å²) in [4.78, 5) is 25.2. The second-order valence-electron chi connectivity index (χ2n) is 6.21. The summed E-state index contributed by atoms with van der Waals surface area (Å²) in [5.74, 6) is 0.625. The highest BCUT2D eigenvalue weighted by atomic mass is 16.5. The zero-order chi connectivity index (χ0) is 16.2. The van der Waals surface area contributed by atoms with Gasteiger partial charge in [-0.1, -0.05) is 25.3 Å². The number of nitrogens with one attached hydrogen (secondary N) is 2. The quantitative estimate of drug-likeness (QED) is 0.897. The first-order valence-corrected chi connectivity index (χ1v) is 8.20. The highest BCUT2D eigenvalue weighted by Crippen LogP contribution is 2.31. The smallest absolute Gasteiger partial charge is 0.315 e. The molecule has 1 fully saturated rings. The minimum atomic E-state index is -0.129. The topological polar surface area (TPSA) is 70.7 Å². The highest BCUT2D eigenvalue weighted by molar-refractivity contribution is 5.97. The van der Waals surface area contributed by atoms with Crippen LogP contribution in [0.15, 0.2) is 18.2 Å². The molecule has 1 heterocycles. The number of nitrogens with zero attached hydrogens (tertiary/aromatic N) is 1. The lowest BCUT2D eigenvalue weighted by Gasteiger charge is -2.26. The molecule has 0 aromatic heterocycles. The summed E-state index contributed by atoms with van der Waals surface area (Å²) in [6.07, 6.45) is 5.78. The van der Waals surface area contributed by atoms with E-state index in [-0.39, 0.29) is 18.5 Å². The third-order valence-electron chi connectivity index (χ3n) is 4.50. The molecule has 0 radical (unpaired) electrons. The van der Waals surface area contributed by atoms with E-state index in [9.17, 15) is 9.59 Å². The molecule has 0 atom stereocenters. The van der Waals surface area contributed by atoms with Crippen molar-refractivity contribution in [3.05, 3.63) is 23.8 Å². The Kier molecular flexibility index (Phi) is 4.69. The average molecular weight is 317 g/mol. The summed E-state index contributed by atoms with van der Waals surface area (Å²) in [6, 6.07) is 5.80. The van der Waals surface area contributed by atoms with Crippen molar-refractivity contribution < 1.29 is 14.3 Å². The van der Waals surface area contributed by atoms with Crippen molar-refractivity contribution in [2.45, 2.75) is 44.7 Å². The second kappa shape index (κ2) is 6.89. The fourth-order valence-electron chi connectivity index (χ4n) is 3.09. The fraction of sp³-hybridized carbons (Fsp3) is 0.529. The summed E-state index contributed by atoms with van der Waals surface area (Å²) >= 11 is 0. The van der Waals surface area contributed by atoms with Gasteiger partial charge < -0.3 is 20.3 Å². The monoisotopic (exact) mass is 317 g/mol. The van der Waals surface area contributed by atoms with Gasteiger partial charge in [0.15, 0.2) is 6.61 Å². The van der Waals surface area contributed by atoms with Gasteiger partial charge in [0.05, 0.1) is 5.69 Å². The zero-order valence-electron chi connectivity index (χ0n) is 13.4. The van der Waals surface area contributed by atoms with Crippen LogP contribution in [0.4, 0.5) is 10.5 Å². The van der Waals surface area contributed by atoms with Gasteiger partial charge in [-0.3, -0.25) is 4.79 Å². The number of rotatable bonds is 3. The van der Waals surface area contributed by atoms with Crippen LogP contribution in [0, 0.1) is 0 Å². The summed E-state index contributed by atoms with van der Waals surface area (Å²) < 4.78 is 5.40. The molecule has 1 aliphatic carbocycles. The molecule has 2 N–H and O–H groups in total. The summed E-state index contributed by atoms with van der Waals surface area (Å²) in [6.45, 7) is 0.499. The van der Waals surface area contributed by atoms with Gasteiger partial charge in [0.2, 0.25) is 0 Å². The number of fused-ring (bicyclic) bond motifs is 1. The van der Waals surface area contributed by atoms with Crippen LogP contribution < -0.4 is 20.3 Å². The number of anilines is 1. The number of amides is 3. The first-order valence-electron chi connectivity index (χ1n) is 8.20. The zero-order valence-corrected chi connectivity index (χ0v) is 13.4. The molecule has 0 spiro atoms. The molecule has 1 saturated carbocycles. The van der Waals surface area contributed by atoms with Crippen LogP contribution >= 0.6 is 0 Å². The summed E-state index contributed by atoms with van der Waals surface area (Å²) in [7, 11) is 1.73. The molecule has 3 rings (SSSR count). The fourth-order valence-corrected chi connectivity index (χ4v) is 3.09. The Labute approximate surface area is 136 Å². The third kappa shape index (κ3) is 3.75. The van der Waals surface area contributed by atoms with Gasteiger partial charge in [0, 0.05) is 19.6 Å². The number of likely N-dealkylation sites (N-methyl/N-ethyl adjacent to an activating group) is 1. The van der Waals surface area contributed by atoms with Gasteiger partial charge in [-0.15, -0.1) is 0 Å². The van der Waals surface area contributed by atoms with Crippen molar-refractivity contribution >= 4 is 17.6 Å². The molecule has 1 aromatic rings. The predicted octanol–water partition coefficient (Wildman–Crippen LogP) is 2.17. The van der Waals surface area contributed by atoms with Crippen LogP contribution in [0.3, 0.4) is 0 Å². The molecular formula is C17H23N3O3. The van der Waals surface area contributed by atoms with Crippen LogP contribution in [0.1, 0.15) is 37.7 Å². The maximum Gasteiger partial charge on any atom is 0.315 e. The van der Waals surface area contributed by atoms with E-state index in [1.165, 1.54) is 19.3 Å². The summed E-state index contributed by atoms with van der Waals surface area (Å²) in [5, 5.41) is 5.91.